The summed E-state index contributed by atoms with van der Waals surface area (Å²) in [6, 6.07) is 0.862. The van der Waals surface area contributed by atoms with Gasteiger partial charge in [-0.05, 0) is 26.2 Å². The van der Waals surface area contributed by atoms with Crippen molar-refractivity contribution in [2.45, 2.75) is 52.6 Å². The second-order valence-corrected chi connectivity index (χ2v) is 4.93. The van der Waals surface area contributed by atoms with Crippen molar-refractivity contribution in [2.75, 3.05) is 0 Å². The van der Waals surface area contributed by atoms with Crippen LogP contribution >= 0.6 is 0 Å². The average molecular weight is 223 g/mol. The van der Waals surface area contributed by atoms with Gasteiger partial charge in [0.2, 0.25) is 0 Å². The summed E-state index contributed by atoms with van der Waals surface area (Å²) in [5.74, 6) is 1.90. The Morgan fingerprint density at radius 3 is 2.56 bits per heavy atom. The van der Waals surface area contributed by atoms with Gasteiger partial charge in [0.05, 0.1) is 6.04 Å². The first-order valence-corrected chi connectivity index (χ1v) is 6.27. The molecule has 3 unspecified atom stereocenters. The van der Waals surface area contributed by atoms with Gasteiger partial charge in [0.15, 0.2) is 0 Å². The second kappa shape index (κ2) is 6.04. The van der Waals surface area contributed by atoms with Crippen molar-refractivity contribution in [2.24, 2.45) is 13.0 Å². The molecule has 0 fully saturated rings. The number of rotatable bonds is 6. The van der Waals surface area contributed by atoms with E-state index in [2.05, 4.69) is 42.6 Å². The van der Waals surface area contributed by atoms with Crippen LogP contribution in [0.3, 0.4) is 0 Å². The Balaban J connectivity index is 2.45. The Morgan fingerprint density at radius 1 is 1.38 bits per heavy atom. The van der Waals surface area contributed by atoms with E-state index in [4.69, 9.17) is 0 Å². The van der Waals surface area contributed by atoms with E-state index >= 15 is 0 Å². The number of hydrogen-bond donors (Lipinski definition) is 1. The Labute approximate surface area is 99.3 Å². The normalized spacial score (nSPS) is 17.1. The molecule has 1 aromatic rings. The molecule has 1 aromatic heterocycles. The van der Waals surface area contributed by atoms with Gasteiger partial charge in [0, 0.05) is 25.5 Å². The monoisotopic (exact) mass is 223 g/mol. The molecule has 0 aliphatic heterocycles. The first-order valence-electron chi connectivity index (χ1n) is 6.27. The highest BCUT2D eigenvalue weighted by molar-refractivity contribution is 4.97. The second-order valence-electron chi connectivity index (χ2n) is 4.93. The molecule has 0 amide bonds. The van der Waals surface area contributed by atoms with Crippen molar-refractivity contribution in [3.05, 3.63) is 18.2 Å². The fraction of sp³-hybridized carbons (Fsp3) is 0.769. The molecule has 92 valence electrons. The number of hydrogen-bond acceptors (Lipinski definition) is 2. The average Bonchev–Trinajstić information content (AvgIpc) is 2.63. The van der Waals surface area contributed by atoms with E-state index in [-0.39, 0.29) is 0 Å². The van der Waals surface area contributed by atoms with Gasteiger partial charge in [-0.25, -0.2) is 4.98 Å². The fourth-order valence-corrected chi connectivity index (χ4v) is 2.13. The number of imidazole rings is 1. The Morgan fingerprint density at radius 2 is 2.06 bits per heavy atom. The number of aromatic nitrogens is 2. The molecule has 3 nitrogen and oxygen atoms in total. The highest BCUT2D eigenvalue weighted by Gasteiger charge is 2.14. The summed E-state index contributed by atoms with van der Waals surface area (Å²) in [5.41, 5.74) is 0. The topological polar surface area (TPSA) is 29.9 Å². The lowest BCUT2D eigenvalue weighted by Crippen LogP contribution is -2.31. The first-order chi connectivity index (χ1) is 7.54. The third-order valence-corrected chi connectivity index (χ3v) is 3.23. The van der Waals surface area contributed by atoms with Crippen LogP contribution in [-0.2, 0) is 7.05 Å². The van der Waals surface area contributed by atoms with Crippen LogP contribution in [0.4, 0.5) is 0 Å². The molecule has 3 heteroatoms. The summed E-state index contributed by atoms with van der Waals surface area (Å²) >= 11 is 0. The predicted molar refractivity (Wildman–Crippen MR) is 68.3 cm³/mol. The van der Waals surface area contributed by atoms with E-state index in [9.17, 15) is 0 Å². The van der Waals surface area contributed by atoms with Crippen LogP contribution in [0, 0.1) is 5.92 Å². The molecule has 0 aliphatic rings. The smallest absolute Gasteiger partial charge is 0.125 e. The van der Waals surface area contributed by atoms with Gasteiger partial charge in [0.25, 0.3) is 0 Å². The minimum Gasteiger partial charge on any atom is -0.337 e. The predicted octanol–water partition coefficient (Wildman–Crippen LogP) is 2.90. The standard InChI is InChI=1S/C13H25N3/c1-6-10(2)9-11(3)15-12(4)13-14-7-8-16(13)5/h7-8,10-12,15H,6,9H2,1-5H3. The van der Waals surface area contributed by atoms with Crippen molar-refractivity contribution in [1.82, 2.24) is 14.9 Å². The first kappa shape index (κ1) is 13.2. The van der Waals surface area contributed by atoms with Crippen LogP contribution in [-0.4, -0.2) is 15.6 Å². The molecule has 0 bridgehead atoms. The lowest BCUT2D eigenvalue weighted by atomic mass is 10.00. The minimum atomic E-state index is 0.319. The lowest BCUT2D eigenvalue weighted by Gasteiger charge is -2.22. The third-order valence-electron chi connectivity index (χ3n) is 3.23. The molecule has 1 N–H and O–H groups in total. The highest BCUT2D eigenvalue weighted by atomic mass is 15.1. The summed E-state index contributed by atoms with van der Waals surface area (Å²) in [5, 5.41) is 3.60. The Bertz CT molecular complexity index is 306. The van der Waals surface area contributed by atoms with E-state index < -0.39 is 0 Å². The van der Waals surface area contributed by atoms with Crippen LogP contribution in [0.2, 0.25) is 0 Å². The Kier molecular flexibility index (Phi) is 5.00. The molecule has 16 heavy (non-hydrogen) atoms. The van der Waals surface area contributed by atoms with Crippen molar-refractivity contribution in [1.29, 1.82) is 0 Å². The minimum absolute atomic E-state index is 0.319. The van der Waals surface area contributed by atoms with Gasteiger partial charge in [0.1, 0.15) is 5.82 Å². The summed E-state index contributed by atoms with van der Waals surface area (Å²) < 4.78 is 2.08. The molecule has 1 rings (SSSR count). The van der Waals surface area contributed by atoms with E-state index in [1.54, 1.807) is 0 Å². The summed E-state index contributed by atoms with van der Waals surface area (Å²) in [4.78, 5) is 4.37. The molecule has 3 atom stereocenters. The SMILES string of the molecule is CCC(C)CC(C)NC(C)c1nccn1C. The summed E-state index contributed by atoms with van der Waals surface area (Å²) in [7, 11) is 2.04. The molecule has 0 saturated heterocycles. The third kappa shape index (κ3) is 3.63. The van der Waals surface area contributed by atoms with Crippen molar-refractivity contribution in [3.8, 4) is 0 Å². The van der Waals surface area contributed by atoms with Crippen LogP contribution in [0.25, 0.3) is 0 Å². The maximum absolute atomic E-state index is 4.37. The number of nitrogens with one attached hydrogen (secondary N) is 1. The molecule has 0 saturated carbocycles. The van der Waals surface area contributed by atoms with E-state index in [1.807, 2.05) is 19.4 Å². The maximum atomic E-state index is 4.37. The molecule has 0 spiro atoms. The van der Waals surface area contributed by atoms with E-state index in [0.29, 0.717) is 12.1 Å². The van der Waals surface area contributed by atoms with Gasteiger partial charge in [-0.15, -0.1) is 0 Å². The zero-order valence-electron chi connectivity index (χ0n) is 11.2. The Hall–Kier alpha value is -0.830. The van der Waals surface area contributed by atoms with Gasteiger partial charge in [-0.1, -0.05) is 20.3 Å². The van der Waals surface area contributed by atoms with Gasteiger partial charge < -0.3 is 9.88 Å². The molecular weight excluding hydrogens is 198 g/mol. The van der Waals surface area contributed by atoms with Crippen LogP contribution in [0.5, 0.6) is 0 Å². The lowest BCUT2D eigenvalue weighted by molar-refractivity contribution is 0.376. The highest BCUT2D eigenvalue weighted by Crippen LogP contribution is 2.14. The van der Waals surface area contributed by atoms with Crippen LogP contribution in [0.15, 0.2) is 12.4 Å². The van der Waals surface area contributed by atoms with Gasteiger partial charge in [-0.2, -0.15) is 0 Å². The quantitative estimate of drug-likeness (QED) is 0.803. The zero-order chi connectivity index (χ0) is 12.1. The molecule has 0 aliphatic carbocycles. The fourth-order valence-electron chi connectivity index (χ4n) is 2.13. The van der Waals surface area contributed by atoms with Crippen molar-refractivity contribution >= 4 is 0 Å². The zero-order valence-corrected chi connectivity index (χ0v) is 11.2. The van der Waals surface area contributed by atoms with Gasteiger partial charge >= 0.3 is 0 Å². The number of nitrogens with zero attached hydrogens (tertiary/aromatic N) is 2. The number of aryl methyl sites for hydroxylation is 1. The molecule has 1 heterocycles. The van der Waals surface area contributed by atoms with Crippen LogP contribution in [0.1, 0.15) is 52.4 Å². The van der Waals surface area contributed by atoms with E-state index in [1.165, 1.54) is 12.8 Å². The summed E-state index contributed by atoms with van der Waals surface area (Å²) in [6.45, 7) is 8.99. The van der Waals surface area contributed by atoms with E-state index in [0.717, 1.165) is 11.7 Å². The van der Waals surface area contributed by atoms with Crippen molar-refractivity contribution < 1.29 is 0 Å². The molecule has 0 radical (unpaired) electrons. The molecular formula is C13H25N3. The molecule has 0 aromatic carbocycles. The maximum Gasteiger partial charge on any atom is 0.125 e. The summed E-state index contributed by atoms with van der Waals surface area (Å²) in [6.07, 6.45) is 6.33. The largest absolute Gasteiger partial charge is 0.337 e. The van der Waals surface area contributed by atoms with Crippen LogP contribution < -0.4 is 5.32 Å². The van der Waals surface area contributed by atoms with Crippen molar-refractivity contribution in [3.63, 3.8) is 0 Å². The van der Waals surface area contributed by atoms with Gasteiger partial charge in [-0.3, -0.25) is 0 Å².